The second kappa shape index (κ2) is 4.48. The first-order valence-electron chi connectivity index (χ1n) is 5.07. The highest BCUT2D eigenvalue weighted by Crippen LogP contribution is 2.35. The van der Waals surface area contributed by atoms with Crippen LogP contribution in [0.2, 0.25) is 0 Å². The minimum absolute atomic E-state index is 0.155. The molecule has 2 unspecified atom stereocenters. The molecule has 0 aliphatic carbocycles. The van der Waals surface area contributed by atoms with Crippen molar-refractivity contribution in [1.82, 2.24) is 5.32 Å². The second-order valence-corrected chi connectivity index (χ2v) is 4.44. The molecule has 1 N–H and O–H groups in total. The van der Waals surface area contributed by atoms with E-state index in [1.54, 1.807) is 0 Å². The van der Waals surface area contributed by atoms with E-state index in [0.717, 1.165) is 6.07 Å². The van der Waals surface area contributed by atoms with Crippen LogP contribution in [-0.2, 0) is 15.8 Å². The van der Waals surface area contributed by atoms with E-state index in [-0.39, 0.29) is 5.56 Å². The van der Waals surface area contributed by atoms with Gasteiger partial charge in [-0.3, -0.25) is 14.9 Å². The van der Waals surface area contributed by atoms with Gasteiger partial charge in [0.25, 0.3) is 0 Å². The monoisotopic (exact) mass is 295 g/mol. The van der Waals surface area contributed by atoms with E-state index in [1.165, 1.54) is 0 Å². The summed E-state index contributed by atoms with van der Waals surface area (Å²) in [5.74, 6) is -4.29. The van der Waals surface area contributed by atoms with Crippen molar-refractivity contribution in [3.63, 3.8) is 0 Å². The van der Waals surface area contributed by atoms with Crippen molar-refractivity contribution < 1.29 is 27.2 Å². The van der Waals surface area contributed by atoms with Crippen LogP contribution in [0, 0.1) is 5.82 Å². The number of carbonyl (C=O) groups excluding carboxylic acids is 2. The third kappa shape index (κ3) is 2.42. The summed E-state index contributed by atoms with van der Waals surface area (Å²) in [6, 6.07) is 2.09. The normalized spacial score (nSPS) is 23.6. The van der Waals surface area contributed by atoms with Crippen LogP contribution in [0.1, 0.15) is 17.0 Å². The van der Waals surface area contributed by atoms with Gasteiger partial charge in [0.2, 0.25) is 11.8 Å². The minimum atomic E-state index is -4.89. The van der Waals surface area contributed by atoms with E-state index in [0.29, 0.717) is 12.1 Å². The van der Waals surface area contributed by atoms with Crippen molar-refractivity contribution in [1.29, 1.82) is 0 Å². The molecule has 2 rings (SSSR count). The molecule has 0 aromatic heterocycles. The maximum Gasteiger partial charge on any atom is 0.419 e. The molecular formula is C11H6ClF4NO2. The number of amides is 2. The topological polar surface area (TPSA) is 46.2 Å². The molecule has 0 bridgehead atoms. The third-order valence-corrected chi connectivity index (χ3v) is 3.18. The standard InChI is InChI=1S/C11H6ClF4NO2/c12-8-7(9(18)17-10(8)19)4-1-2-6(13)5(3-4)11(14,15)16/h1-3,7-8H,(H,17,18,19). The van der Waals surface area contributed by atoms with Crippen LogP contribution in [0.4, 0.5) is 17.6 Å². The Kier molecular flexibility index (Phi) is 3.25. The fourth-order valence-corrected chi connectivity index (χ4v) is 2.14. The molecule has 1 aromatic rings. The molecule has 3 nitrogen and oxygen atoms in total. The fraction of sp³-hybridized carbons (Fsp3) is 0.273. The summed E-state index contributed by atoms with van der Waals surface area (Å²) < 4.78 is 50.7. The Labute approximate surface area is 109 Å². The van der Waals surface area contributed by atoms with Gasteiger partial charge in [0.1, 0.15) is 11.2 Å². The average molecular weight is 296 g/mol. The molecule has 1 aliphatic rings. The molecule has 19 heavy (non-hydrogen) atoms. The molecule has 102 valence electrons. The Bertz CT molecular complexity index is 558. The maximum absolute atomic E-state index is 13.1. The molecule has 0 spiro atoms. The van der Waals surface area contributed by atoms with Gasteiger partial charge in [-0.2, -0.15) is 13.2 Å². The molecule has 0 radical (unpaired) electrons. The number of imide groups is 1. The Hall–Kier alpha value is -1.63. The van der Waals surface area contributed by atoms with Gasteiger partial charge in [-0.25, -0.2) is 4.39 Å². The number of hydrogen-bond donors (Lipinski definition) is 1. The van der Waals surface area contributed by atoms with Crippen molar-refractivity contribution >= 4 is 23.4 Å². The molecule has 0 saturated carbocycles. The van der Waals surface area contributed by atoms with Crippen LogP contribution in [0.5, 0.6) is 0 Å². The third-order valence-electron chi connectivity index (χ3n) is 2.73. The number of hydrogen-bond acceptors (Lipinski definition) is 2. The van der Waals surface area contributed by atoms with Crippen molar-refractivity contribution in [2.45, 2.75) is 17.5 Å². The van der Waals surface area contributed by atoms with Crippen LogP contribution < -0.4 is 5.32 Å². The number of rotatable bonds is 1. The van der Waals surface area contributed by atoms with Crippen LogP contribution in [0.3, 0.4) is 0 Å². The van der Waals surface area contributed by atoms with E-state index in [1.807, 2.05) is 5.32 Å². The SMILES string of the molecule is O=C1NC(=O)C(c2ccc(F)c(C(F)(F)F)c2)C1Cl. The molecule has 1 saturated heterocycles. The van der Waals surface area contributed by atoms with Gasteiger partial charge in [0.15, 0.2) is 0 Å². The second-order valence-electron chi connectivity index (χ2n) is 3.97. The van der Waals surface area contributed by atoms with E-state index < -0.39 is 40.7 Å². The quantitative estimate of drug-likeness (QED) is 0.490. The molecule has 1 aliphatic heterocycles. The maximum atomic E-state index is 13.1. The molecule has 2 amide bonds. The van der Waals surface area contributed by atoms with Gasteiger partial charge in [0.05, 0.1) is 11.5 Å². The number of alkyl halides is 4. The van der Waals surface area contributed by atoms with Crippen LogP contribution in [0.15, 0.2) is 18.2 Å². The molecule has 8 heteroatoms. The summed E-state index contributed by atoms with van der Waals surface area (Å²) in [4.78, 5) is 22.6. The Morgan fingerprint density at radius 2 is 1.79 bits per heavy atom. The Morgan fingerprint density at radius 3 is 2.26 bits per heavy atom. The zero-order valence-corrected chi connectivity index (χ0v) is 9.85. The fourth-order valence-electron chi connectivity index (χ4n) is 1.83. The van der Waals surface area contributed by atoms with Crippen LogP contribution in [-0.4, -0.2) is 17.2 Å². The predicted octanol–water partition coefficient (Wildman–Crippen LogP) is 2.19. The van der Waals surface area contributed by atoms with Crippen LogP contribution >= 0.6 is 11.6 Å². The molecule has 1 heterocycles. The number of carbonyl (C=O) groups is 2. The summed E-state index contributed by atoms with van der Waals surface area (Å²) in [7, 11) is 0. The molecular weight excluding hydrogens is 290 g/mol. The summed E-state index contributed by atoms with van der Waals surface area (Å²) in [6.45, 7) is 0. The van der Waals surface area contributed by atoms with E-state index in [9.17, 15) is 27.2 Å². The van der Waals surface area contributed by atoms with Gasteiger partial charge in [0, 0.05) is 0 Å². The highest BCUT2D eigenvalue weighted by Gasteiger charge is 2.43. The highest BCUT2D eigenvalue weighted by molar-refractivity contribution is 6.37. The summed E-state index contributed by atoms with van der Waals surface area (Å²) in [5.41, 5.74) is -1.65. The zero-order valence-electron chi connectivity index (χ0n) is 9.09. The average Bonchev–Trinajstić information content (AvgIpc) is 2.53. The summed E-state index contributed by atoms with van der Waals surface area (Å²) >= 11 is 5.66. The summed E-state index contributed by atoms with van der Waals surface area (Å²) in [5, 5.41) is 0.597. The van der Waals surface area contributed by atoms with Gasteiger partial charge in [-0.15, -0.1) is 11.6 Å². The lowest BCUT2D eigenvalue weighted by molar-refractivity contribution is -0.140. The number of halogens is 5. The lowest BCUT2D eigenvalue weighted by Gasteiger charge is -2.14. The van der Waals surface area contributed by atoms with Crippen molar-refractivity contribution in [2.75, 3.05) is 0 Å². The first kappa shape index (κ1) is 13.8. The van der Waals surface area contributed by atoms with Crippen molar-refractivity contribution in [3.8, 4) is 0 Å². The smallest absolute Gasteiger partial charge is 0.295 e. The Morgan fingerprint density at radius 1 is 1.16 bits per heavy atom. The lowest BCUT2D eigenvalue weighted by atomic mass is 9.95. The van der Waals surface area contributed by atoms with E-state index >= 15 is 0 Å². The number of benzene rings is 1. The Balaban J connectivity index is 2.47. The molecule has 1 aromatic carbocycles. The molecule has 2 atom stereocenters. The van der Waals surface area contributed by atoms with Crippen molar-refractivity contribution in [2.24, 2.45) is 0 Å². The van der Waals surface area contributed by atoms with Gasteiger partial charge in [-0.1, -0.05) is 6.07 Å². The lowest BCUT2D eigenvalue weighted by Crippen LogP contribution is -2.22. The summed E-state index contributed by atoms with van der Waals surface area (Å²) in [6.07, 6.45) is -4.89. The van der Waals surface area contributed by atoms with Crippen molar-refractivity contribution in [3.05, 3.63) is 35.1 Å². The number of nitrogens with one attached hydrogen (secondary N) is 1. The van der Waals surface area contributed by atoms with Crippen LogP contribution in [0.25, 0.3) is 0 Å². The zero-order chi connectivity index (χ0) is 14.4. The van der Waals surface area contributed by atoms with Gasteiger partial charge < -0.3 is 0 Å². The first-order valence-corrected chi connectivity index (χ1v) is 5.51. The van der Waals surface area contributed by atoms with Gasteiger partial charge in [-0.05, 0) is 17.7 Å². The largest absolute Gasteiger partial charge is 0.419 e. The predicted molar refractivity (Wildman–Crippen MR) is 56.9 cm³/mol. The van der Waals surface area contributed by atoms with E-state index in [2.05, 4.69) is 0 Å². The molecule has 1 fully saturated rings. The minimum Gasteiger partial charge on any atom is -0.295 e. The highest BCUT2D eigenvalue weighted by atomic mass is 35.5. The van der Waals surface area contributed by atoms with Gasteiger partial charge >= 0.3 is 6.18 Å². The van der Waals surface area contributed by atoms with E-state index in [4.69, 9.17) is 11.6 Å². The first-order chi connectivity index (χ1) is 8.71.